The number of rotatable bonds is 3. The summed E-state index contributed by atoms with van der Waals surface area (Å²) in [6.45, 7) is 1.03. The van der Waals surface area contributed by atoms with Crippen molar-refractivity contribution in [2.45, 2.75) is 37.3 Å². The van der Waals surface area contributed by atoms with Gasteiger partial charge in [-0.25, -0.2) is 0 Å². The molecule has 92 valence electrons. The lowest BCUT2D eigenvalue weighted by atomic mass is 9.93. The van der Waals surface area contributed by atoms with E-state index in [1.165, 1.54) is 0 Å². The molecule has 0 radical (unpaired) electrons. The van der Waals surface area contributed by atoms with Crippen molar-refractivity contribution in [2.75, 3.05) is 19.6 Å². The Morgan fingerprint density at radius 3 is 2.88 bits per heavy atom. The Balaban J connectivity index is 2.02. The van der Waals surface area contributed by atoms with E-state index in [0.29, 0.717) is 0 Å². The van der Waals surface area contributed by atoms with Gasteiger partial charge in [0.15, 0.2) is 0 Å². The quantitative estimate of drug-likeness (QED) is 0.705. The molecule has 16 heavy (non-hydrogen) atoms. The number of nitrogens with zero attached hydrogens (tertiary/aromatic N) is 2. The van der Waals surface area contributed by atoms with Crippen molar-refractivity contribution in [1.29, 1.82) is 0 Å². The normalized spacial score (nSPS) is 35.3. The van der Waals surface area contributed by atoms with Crippen LogP contribution in [-0.4, -0.2) is 42.5 Å². The second-order valence-corrected chi connectivity index (χ2v) is 4.45. The molecule has 2 fully saturated rings. The maximum absolute atomic E-state index is 12.1. The third kappa shape index (κ3) is 2.20. The van der Waals surface area contributed by atoms with E-state index in [1.54, 1.807) is 0 Å². The summed E-state index contributed by atoms with van der Waals surface area (Å²) in [6.07, 6.45) is -3.56. The third-order valence-corrected chi connectivity index (χ3v) is 3.43. The zero-order chi connectivity index (χ0) is 11.8. The molecule has 2 unspecified atom stereocenters. The van der Waals surface area contributed by atoms with Gasteiger partial charge in [-0.1, -0.05) is 5.18 Å². The number of alkyl halides is 3. The highest BCUT2D eigenvalue weighted by molar-refractivity contribution is 5.05. The van der Waals surface area contributed by atoms with Crippen LogP contribution in [-0.2, 0) is 4.74 Å². The molecule has 2 aliphatic heterocycles. The molecule has 0 N–H and O–H groups in total. The molecule has 2 saturated heterocycles. The van der Waals surface area contributed by atoms with Crippen LogP contribution in [0.3, 0.4) is 0 Å². The summed E-state index contributed by atoms with van der Waals surface area (Å²) < 4.78 is 40.2. The van der Waals surface area contributed by atoms with Crippen LogP contribution in [0.2, 0.25) is 0 Å². The Morgan fingerprint density at radius 1 is 1.50 bits per heavy atom. The van der Waals surface area contributed by atoms with Crippen molar-refractivity contribution in [3.05, 3.63) is 4.91 Å². The second kappa shape index (κ2) is 3.96. The molecule has 0 aliphatic carbocycles. The molecule has 4 nitrogen and oxygen atoms in total. The molecule has 2 heterocycles. The predicted molar refractivity (Wildman–Crippen MR) is 49.7 cm³/mol. The molecule has 0 aromatic rings. The Kier molecular flexibility index (Phi) is 2.91. The standard InChI is InChI=1S/C9H13F3N2O2/c10-9(11,12)16-7-4-8(6-13-15)2-1-3-14(8)5-7/h7H,1-6H2. The van der Waals surface area contributed by atoms with Crippen LogP contribution >= 0.6 is 0 Å². The van der Waals surface area contributed by atoms with Crippen LogP contribution in [0, 0.1) is 4.91 Å². The molecule has 0 spiro atoms. The smallest absolute Gasteiger partial charge is 0.293 e. The first-order valence-electron chi connectivity index (χ1n) is 5.24. The highest BCUT2D eigenvalue weighted by Crippen LogP contribution is 2.41. The fraction of sp³-hybridized carbons (Fsp3) is 1.00. The van der Waals surface area contributed by atoms with E-state index in [2.05, 4.69) is 9.91 Å². The molecular weight excluding hydrogens is 225 g/mol. The lowest BCUT2D eigenvalue weighted by Gasteiger charge is -2.28. The Labute approximate surface area is 90.7 Å². The molecule has 2 aliphatic rings. The highest BCUT2D eigenvalue weighted by Gasteiger charge is 2.51. The first kappa shape index (κ1) is 11.8. The molecule has 2 atom stereocenters. The van der Waals surface area contributed by atoms with Crippen molar-refractivity contribution in [3.63, 3.8) is 0 Å². The van der Waals surface area contributed by atoms with E-state index in [-0.39, 0.29) is 19.5 Å². The average molecular weight is 238 g/mol. The van der Waals surface area contributed by atoms with Gasteiger partial charge in [-0.05, 0) is 25.8 Å². The van der Waals surface area contributed by atoms with Crippen LogP contribution in [0.25, 0.3) is 0 Å². The number of ether oxygens (including phenoxy) is 1. The SMILES string of the molecule is O=NCC12CCCN1CC(OC(F)(F)F)C2. The number of hydrogen-bond donors (Lipinski definition) is 0. The van der Waals surface area contributed by atoms with E-state index >= 15 is 0 Å². The zero-order valence-corrected chi connectivity index (χ0v) is 8.66. The van der Waals surface area contributed by atoms with E-state index in [0.717, 1.165) is 19.4 Å². The summed E-state index contributed by atoms with van der Waals surface area (Å²) >= 11 is 0. The molecule has 0 amide bonds. The highest BCUT2D eigenvalue weighted by atomic mass is 19.4. The fourth-order valence-electron chi connectivity index (χ4n) is 2.88. The third-order valence-electron chi connectivity index (χ3n) is 3.43. The summed E-state index contributed by atoms with van der Waals surface area (Å²) in [4.78, 5) is 12.3. The van der Waals surface area contributed by atoms with E-state index in [4.69, 9.17) is 0 Å². The van der Waals surface area contributed by atoms with Gasteiger partial charge in [0.25, 0.3) is 0 Å². The largest absolute Gasteiger partial charge is 0.522 e. The molecule has 0 saturated carbocycles. The van der Waals surface area contributed by atoms with Crippen LogP contribution in [0.15, 0.2) is 5.18 Å². The van der Waals surface area contributed by atoms with Gasteiger partial charge in [-0.2, -0.15) is 4.91 Å². The topological polar surface area (TPSA) is 41.9 Å². The van der Waals surface area contributed by atoms with Gasteiger partial charge in [0.2, 0.25) is 0 Å². The maximum atomic E-state index is 12.1. The van der Waals surface area contributed by atoms with E-state index in [1.807, 2.05) is 4.90 Å². The fourth-order valence-corrected chi connectivity index (χ4v) is 2.88. The van der Waals surface area contributed by atoms with Crippen LogP contribution in [0.4, 0.5) is 13.2 Å². The Bertz CT molecular complexity index is 284. The van der Waals surface area contributed by atoms with Gasteiger partial charge >= 0.3 is 6.36 Å². The monoisotopic (exact) mass is 238 g/mol. The van der Waals surface area contributed by atoms with Crippen molar-refractivity contribution in [3.8, 4) is 0 Å². The first-order valence-corrected chi connectivity index (χ1v) is 5.24. The van der Waals surface area contributed by atoms with E-state index < -0.39 is 18.0 Å². The zero-order valence-electron chi connectivity index (χ0n) is 8.66. The summed E-state index contributed by atoms with van der Waals surface area (Å²) in [7, 11) is 0. The summed E-state index contributed by atoms with van der Waals surface area (Å²) in [5.41, 5.74) is -0.475. The summed E-state index contributed by atoms with van der Waals surface area (Å²) in [5, 5.41) is 2.85. The van der Waals surface area contributed by atoms with Gasteiger partial charge < -0.3 is 0 Å². The van der Waals surface area contributed by atoms with Gasteiger partial charge in [0, 0.05) is 12.1 Å². The molecule has 0 aromatic carbocycles. The van der Waals surface area contributed by atoms with E-state index in [9.17, 15) is 18.1 Å². The minimum atomic E-state index is -4.60. The lowest BCUT2D eigenvalue weighted by molar-refractivity contribution is -0.340. The maximum Gasteiger partial charge on any atom is 0.522 e. The minimum absolute atomic E-state index is 0.0602. The number of hydrogen-bond acceptors (Lipinski definition) is 4. The van der Waals surface area contributed by atoms with Crippen molar-refractivity contribution in [2.24, 2.45) is 5.18 Å². The van der Waals surface area contributed by atoms with Crippen LogP contribution in [0.1, 0.15) is 19.3 Å². The number of halogens is 3. The van der Waals surface area contributed by atoms with Gasteiger partial charge in [-0.3, -0.25) is 9.64 Å². The van der Waals surface area contributed by atoms with Crippen LogP contribution in [0.5, 0.6) is 0 Å². The number of fused-ring (bicyclic) bond motifs is 1. The predicted octanol–water partition coefficient (Wildman–Crippen LogP) is 1.90. The minimum Gasteiger partial charge on any atom is -0.293 e. The lowest BCUT2D eigenvalue weighted by Crippen LogP contribution is -2.40. The van der Waals surface area contributed by atoms with Crippen molar-refractivity contribution in [1.82, 2.24) is 4.90 Å². The first-order chi connectivity index (χ1) is 7.45. The Morgan fingerprint density at radius 2 is 2.25 bits per heavy atom. The summed E-state index contributed by atoms with van der Waals surface area (Å²) in [5.74, 6) is 0. The van der Waals surface area contributed by atoms with Crippen molar-refractivity contribution >= 4 is 0 Å². The molecule has 0 aromatic heterocycles. The number of nitroso groups, excluding NO2 is 1. The molecule has 7 heteroatoms. The van der Waals surface area contributed by atoms with Gasteiger partial charge in [0.05, 0.1) is 12.6 Å². The van der Waals surface area contributed by atoms with Gasteiger partial charge in [0.1, 0.15) is 0 Å². The summed E-state index contributed by atoms with van der Waals surface area (Å²) in [6, 6.07) is 0. The molecule has 0 bridgehead atoms. The Hall–Kier alpha value is -0.690. The molecular formula is C9H13F3N2O2. The van der Waals surface area contributed by atoms with Crippen LogP contribution < -0.4 is 0 Å². The van der Waals surface area contributed by atoms with Gasteiger partial charge in [-0.15, -0.1) is 13.2 Å². The second-order valence-electron chi connectivity index (χ2n) is 4.45. The van der Waals surface area contributed by atoms with Crippen molar-refractivity contribution < 1.29 is 17.9 Å². The average Bonchev–Trinajstić information content (AvgIpc) is 2.57. The molecule has 2 rings (SSSR count).